The summed E-state index contributed by atoms with van der Waals surface area (Å²) in [6, 6.07) is 8.29. The van der Waals surface area contributed by atoms with E-state index in [1.165, 1.54) is 5.56 Å². The van der Waals surface area contributed by atoms with Crippen molar-refractivity contribution in [3.05, 3.63) is 40.5 Å². The minimum Gasteiger partial charge on any atom is -0.497 e. The molecule has 3 aliphatic rings. The average molecular weight is 432 g/mol. The molecule has 1 fully saturated rings. The molecule has 1 aromatic rings. The van der Waals surface area contributed by atoms with Crippen LogP contribution in [0.5, 0.6) is 5.75 Å². The third-order valence-corrected chi connectivity index (χ3v) is 5.71. The topological polar surface area (TPSA) is 63.5 Å². The lowest BCUT2D eigenvalue weighted by Crippen LogP contribution is -2.39. The molecule has 0 radical (unpaired) electrons. The Kier molecular flexibility index (Phi) is 5.04. The average Bonchev–Trinajstić information content (AvgIpc) is 3.48. The van der Waals surface area contributed by atoms with E-state index in [2.05, 4.69) is 38.0 Å². The lowest BCUT2D eigenvalue weighted by molar-refractivity contribution is -0.145. The van der Waals surface area contributed by atoms with Crippen molar-refractivity contribution in [3.8, 4) is 5.75 Å². The Bertz CT molecular complexity index is 818. The number of esters is 1. The van der Waals surface area contributed by atoms with Crippen molar-refractivity contribution in [1.82, 2.24) is 4.90 Å². The third kappa shape index (κ3) is 3.65. The molecule has 2 aliphatic heterocycles. The molecule has 142 valence electrons. The first-order valence-electron chi connectivity index (χ1n) is 9.18. The van der Waals surface area contributed by atoms with Gasteiger partial charge < -0.3 is 14.4 Å². The van der Waals surface area contributed by atoms with Crippen LogP contribution < -0.4 is 4.74 Å². The van der Waals surface area contributed by atoms with Crippen molar-refractivity contribution in [2.45, 2.75) is 31.8 Å². The Morgan fingerprint density at radius 1 is 1.30 bits per heavy atom. The Balaban J connectivity index is 1.60. The Morgan fingerprint density at radius 3 is 2.78 bits per heavy atom. The minimum absolute atomic E-state index is 0.0304. The van der Waals surface area contributed by atoms with Crippen LogP contribution in [0.3, 0.4) is 0 Å². The van der Waals surface area contributed by atoms with Crippen LogP contribution in [-0.4, -0.2) is 42.8 Å². The maximum atomic E-state index is 12.1. The predicted molar refractivity (Wildman–Crippen MR) is 107 cm³/mol. The molecule has 4 unspecified atom stereocenters. The smallest absolute Gasteiger partial charge is 0.309 e. The van der Waals surface area contributed by atoms with Crippen LogP contribution >= 0.6 is 15.9 Å². The summed E-state index contributed by atoms with van der Waals surface area (Å²) in [5.41, 5.74) is 1.18. The van der Waals surface area contributed by atoms with Crippen LogP contribution in [0.1, 0.15) is 31.4 Å². The van der Waals surface area contributed by atoms with Crippen molar-refractivity contribution in [1.29, 1.82) is 0 Å². The molecule has 2 heterocycles. The van der Waals surface area contributed by atoms with E-state index in [-0.39, 0.29) is 29.9 Å². The third-order valence-electron chi connectivity index (χ3n) is 5.30. The molecule has 0 saturated heterocycles. The number of carbonyl (C=O) groups is 1. The SMILES string of the molecule is CCOC(=O)C1CC1C1CC(c2ccc(OC)cc2)N2C=C(Br)C=NC2=N1. The first kappa shape index (κ1) is 18.2. The van der Waals surface area contributed by atoms with Gasteiger partial charge in [-0.2, -0.15) is 0 Å². The van der Waals surface area contributed by atoms with Crippen LogP contribution in [-0.2, 0) is 9.53 Å². The highest BCUT2D eigenvalue weighted by Gasteiger charge is 2.51. The monoisotopic (exact) mass is 431 g/mol. The molecule has 27 heavy (non-hydrogen) atoms. The van der Waals surface area contributed by atoms with Gasteiger partial charge in [-0.15, -0.1) is 0 Å². The molecular formula is C20H22BrN3O3. The number of ether oxygens (including phenoxy) is 2. The Labute approximate surface area is 167 Å². The van der Waals surface area contributed by atoms with Crippen LogP contribution in [0.15, 0.2) is 44.9 Å². The van der Waals surface area contributed by atoms with Gasteiger partial charge in [0.1, 0.15) is 5.75 Å². The number of carbonyl (C=O) groups excluding carboxylic acids is 1. The Hall–Kier alpha value is -2.15. The summed E-state index contributed by atoms with van der Waals surface area (Å²) in [5.74, 6) is 1.64. The van der Waals surface area contributed by atoms with Crippen molar-refractivity contribution in [3.63, 3.8) is 0 Å². The van der Waals surface area contributed by atoms with Crippen molar-refractivity contribution in [2.24, 2.45) is 21.8 Å². The van der Waals surface area contributed by atoms with Crippen LogP contribution in [0, 0.1) is 11.8 Å². The molecule has 0 amide bonds. The molecule has 0 N–H and O–H groups in total. The van der Waals surface area contributed by atoms with E-state index >= 15 is 0 Å². The van der Waals surface area contributed by atoms with Gasteiger partial charge in [-0.1, -0.05) is 12.1 Å². The normalized spacial score (nSPS) is 28.8. The van der Waals surface area contributed by atoms with Gasteiger partial charge in [0, 0.05) is 12.4 Å². The van der Waals surface area contributed by atoms with Gasteiger partial charge in [-0.3, -0.25) is 4.79 Å². The fourth-order valence-corrected chi connectivity index (χ4v) is 4.16. The number of guanidine groups is 1. The number of rotatable bonds is 5. The summed E-state index contributed by atoms with van der Waals surface area (Å²) in [5, 5.41) is 0. The quantitative estimate of drug-likeness (QED) is 0.666. The number of aliphatic imine (C=N–C) groups is 2. The minimum atomic E-state index is -0.0964. The second-order valence-electron chi connectivity index (χ2n) is 6.96. The lowest BCUT2D eigenvalue weighted by atomic mass is 9.93. The second kappa shape index (κ2) is 7.46. The number of benzene rings is 1. The van der Waals surface area contributed by atoms with Crippen LogP contribution in [0.2, 0.25) is 0 Å². The van der Waals surface area contributed by atoms with Crippen LogP contribution in [0.4, 0.5) is 0 Å². The molecule has 1 aliphatic carbocycles. The molecule has 7 heteroatoms. The highest BCUT2D eigenvalue weighted by molar-refractivity contribution is 9.12. The molecule has 4 rings (SSSR count). The zero-order valence-electron chi connectivity index (χ0n) is 15.3. The van der Waals surface area contributed by atoms with E-state index in [1.807, 2.05) is 25.3 Å². The molecule has 0 spiro atoms. The number of methoxy groups -OCH3 is 1. The molecule has 1 aromatic carbocycles. The summed E-state index contributed by atoms with van der Waals surface area (Å²) < 4.78 is 11.4. The standard InChI is InChI=1S/C20H22BrN3O3/c1-3-27-19(25)16-8-15(16)17-9-18(12-4-6-14(26-2)7-5-12)24-11-13(21)10-22-20(24)23-17/h4-7,10-11,15-18H,3,8-9H2,1-2H3. The van der Waals surface area contributed by atoms with E-state index in [1.54, 1.807) is 13.3 Å². The number of hydrogen-bond donors (Lipinski definition) is 0. The number of halogens is 1. The van der Waals surface area contributed by atoms with Crippen molar-refractivity contribution < 1.29 is 14.3 Å². The first-order chi connectivity index (χ1) is 13.1. The molecule has 6 nitrogen and oxygen atoms in total. The van der Waals surface area contributed by atoms with Gasteiger partial charge >= 0.3 is 5.97 Å². The van der Waals surface area contributed by atoms with Crippen molar-refractivity contribution >= 4 is 34.1 Å². The van der Waals surface area contributed by atoms with E-state index in [0.717, 1.165) is 23.1 Å². The summed E-state index contributed by atoms with van der Waals surface area (Å²) in [4.78, 5) is 23.5. The van der Waals surface area contributed by atoms with Crippen molar-refractivity contribution in [2.75, 3.05) is 13.7 Å². The molecule has 0 bridgehead atoms. The maximum Gasteiger partial charge on any atom is 0.309 e. The predicted octanol–water partition coefficient (Wildman–Crippen LogP) is 3.69. The number of fused-ring (bicyclic) bond motifs is 1. The zero-order valence-corrected chi connectivity index (χ0v) is 16.9. The van der Waals surface area contributed by atoms with E-state index in [0.29, 0.717) is 12.6 Å². The summed E-state index contributed by atoms with van der Waals surface area (Å²) in [6.07, 6.45) is 5.47. The maximum absolute atomic E-state index is 12.1. The highest BCUT2D eigenvalue weighted by Crippen LogP contribution is 2.48. The fraction of sp³-hybridized carbons (Fsp3) is 0.450. The van der Waals surface area contributed by atoms with E-state index < -0.39 is 0 Å². The first-order valence-corrected chi connectivity index (χ1v) is 9.98. The summed E-state index contributed by atoms with van der Waals surface area (Å²) in [7, 11) is 1.66. The Morgan fingerprint density at radius 2 is 2.07 bits per heavy atom. The van der Waals surface area contributed by atoms with Gasteiger partial charge in [-0.25, -0.2) is 9.98 Å². The van der Waals surface area contributed by atoms with Gasteiger partial charge in [0.05, 0.1) is 36.2 Å². The zero-order chi connectivity index (χ0) is 19.0. The van der Waals surface area contributed by atoms with Gasteiger partial charge in [0.25, 0.3) is 0 Å². The van der Waals surface area contributed by atoms with Gasteiger partial charge in [0.15, 0.2) is 0 Å². The van der Waals surface area contributed by atoms with E-state index in [9.17, 15) is 4.79 Å². The number of allylic oxidation sites excluding steroid dienone is 1. The lowest BCUT2D eigenvalue weighted by Gasteiger charge is -2.38. The van der Waals surface area contributed by atoms with Gasteiger partial charge in [-0.05, 0) is 59.3 Å². The second-order valence-corrected chi connectivity index (χ2v) is 7.87. The largest absolute Gasteiger partial charge is 0.497 e. The van der Waals surface area contributed by atoms with Gasteiger partial charge in [0.2, 0.25) is 5.96 Å². The summed E-state index contributed by atoms with van der Waals surface area (Å²) in [6.45, 7) is 2.27. The summed E-state index contributed by atoms with van der Waals surface area (Å²) >= 11 is 3.51. The molecular weight excluding hydrogens is 410 g/mol. The van der Waals surface area contributed by atoms with E-state index in [4.69, 9.17) is 14.5 Å². The number of hydrogen-bond acceptors (Lipinski definition) is 6. The molecule has 4 atom stereocenters. The molecule has 1 saturated carbocycles. The number of nitrogens with zero attached hydrogens (tertiary/aromatic N) is 3. The fourth-order valence-electron chi connectivity index (χ4n) is 3.84. The highest BCUT2D eigenvalue weighted by atomic mass is 79.9. The molecule has 0 aromatic heterocycles. The van der Waals surface area contributed by atoms with Crippen LogP contribution in [0.25, 0.3) is 0 Å².